The van der Waals surface area contributed by atoms with Crippen LogP contribution in [0.5, 0.6) is 0 Å². The fourth-order valence-corrected chi connectivity index (χ4v) is 3.70. The van der Waals surface area contributed by atoms with Crippen LogP contribution in [0.3, 0.4) is 0 Å². The number of carbonyl (C=O) groups excluding carboxylic acids is 1. The zero-order chi connectivity index (χ0) is 20.4. The van der Waals surface area contributed by atoms with Crippen molar-refractivity contribution in [2.24, 2.45) is 5.41 Å². The van der Waals surface area contributed by atoms with Crippen LogP contribution in [0.25, 0.3) is 0 Å². The molecule has 150 valence electrons. The highest BCUT2D eigenvalue weighted by molar-refractivity contribution is 5.94. The van der Waals surface area contributed by atoms with E-state index in [0.717, 1.165) is 6.07 Å². The number of hydrogen-bond donors (Lipinski definition) is 1. The van der Waals surface area contributed by atoms with Crippen LogP contribution in [0, 0.1) is 11.2 Å². The van der Waals surface area contributed by atoms with Gasteiger partial charge in [-0.05, 0) is 55.2 Å². The number of piperidine rings is 1. The molecule has 1 saturated heterocycles. The van der Waals surface area contributed by atoms with E-state index in [9.17, 15) is 27.5 Å². The molecule has 1 aliphatic rings. The van der Waals surface area contributed by atoms with Crippen LogP contribution in [0.2, 0.25) is 0 Å². The average molecular weight is 395 g/mol. The fourth-order valence-electron chi connectivity index (χ4n) is 3.70. The van der Waals surface area contributed by atoms with E-state index in [1.807, 2.05) is 0 Å². The van der Waals surface area contributed by atoms with E-state index in [0.29, 0.717) is 31.5 Å². The van der Waals surface area contributed by atoms with E-state index in [4.69, 9.17) is 0 Å². The lowest BCUT2D eigenvalue weighted by Crippen LogP contribution is -2.45. The second-order valence-corrected chi connectivity index (χ2v) is 7.29. The summed E-state index contributed by atoms with van der Waals surface area (Å²) in [5.41, 5.74) is -0.878. The van der Waals surface area contributed by atoms with Gasteiger partial charge in [-0.1, -0.05) is 18.2 Å². The highest BCUT2D eigenvalue weighted by atomic mass is 19.4. The highest BCUT2D eigenvalue weighted by Gasteiger charge is 2.39. The van der Waals surface area contributed by atoms with Gasteiger partial charge < -0.3 is 10.0 Å². The molecule has 0 aliphatic carbocycles. The van der Waals surface area contributed by atoms with Gasteiger partial charge in [0.15, 0.2) is 0 Å². The van der Waals surface area contributed by atoms with E-state index >= 15 is 0 Å². The molecule has 1 heterocycles. The van der Waals surface area contributed by atoms with E-state index in [1.54, 1.807) is 11.0 Å². The van der Waals surface area contributed by atoms with Gasteiger partial charge in [0, 0.05) is 30.7 Å². The first kappa shape index (κ1) is 20.3. The van der Waals surface area contributed by atoms with Gasteiger partial charge >= 0.3 is 6.18 Å². The largest absolute Gasteiger partial charge is 0.416 e. The Balaban J connectivity index is 1.72. The van der Waals surface area contributed by atoms with Gasteiger partial charge in [-0.3, -0.25) is 4.79 Å². The summed E-state index contributed by atoms with van der Waals surface area (Å²) in [4.78, 5) is 14.1. The number of amides is 1. The van der Waals surface area contributed by atoms with Crippen LogP contribution in [0.15, 0.2) is 48.5 Å². The Kier molecular flexibility index (Phi) is 5.74. The summed E-state index contributed by atoms with van der Waals surface area (Å²) in [7, 11) is 0. The van der Waals surface area contributed by atoms with Crippen LogP contribution in [0.1, 0.15) is 34.3 Å². The number of alkyl halides is 3. The fraction of sp³-hybridized carbons (Fsp3) is 0.381. The highest BCUT2D eigenvalue weighted by Crippen LogP contribution is 2.39. The van der Waals surface area contributed by atoms with E-state index < -0.39 is 23.0 Å². The Hall–Kier alpha value is -2.41. The van der Waals surface area contributed by atoms with Crippen molar-refractivity contribution >= 4 is 5.91 Å². The SMILES string of the molecule is O=C(c1ccc(F)cc1)N1CCC(CO)(Cc2ccccc2C(F)(F)F)CC1. The molecule has 0 saturated carbocycles. The third-order valence-corrected chi connectivity index (χ3v) is 5.43. The van der Waals surface area contributed by atoms with Gasteiger partial charge in [-0.2, -0.15) is 13.2 Å². The van der Waals surface area contributed by atoms with Crippen molar-refractivity contribution in [3.8, 4) is 0 Å². The number of halogens is 4. The minimum Gasteiger partial charge on any atom is -0.396 e. The molecule has 0 bridgehead atoms. The maximum absolute atomic E-state index is 13.3. The van der Waals surface area contributed by atoms with Crippen LogP contribution in [0.4, 0.5) is 17.6 Å². The van der Waals surface area contributed by atoms with E-state index in [2.05, 4.69) is 0 Å². The number of aliphatic hydroxyl groups excluding tert-OH is 1. The molecule has 1 N–H and O–H groups in total. The predicted octanol–water partition coefficient (Wildman–Crippen LogP) is 4.30. The van der Waals surface area contributed by atoms with Crippen molar-refractivity contribution in [3.63, 3.8) is 0 Å². The average Bonchev–Trinajstić information content (AvgIpc) is 2.68. The normalized spacial score (nSPS) is 16.8. The number of aliphatic hydroxyl groups is 1. The number of nitrogens with zero attached hydrogens (tertiary/aromatic N) is 1. The van der Waals surface area contributed by atoms with Gasteiger partial charge in [0.25, 0.3) is 5.91 Å². The molecule has 3 rings (SSSR count). The van der Waals surface area contributed by atoms with Gasteiger partial charge in [0.05, 0.1) is 5.56 Å². The molecule has 0 spiro atoms. The van der Waals surface area contributed by atoms with Crippen molar-refractivity contribution in [2.45, 2.75) is 25.4 Å². The molecular formula is C21H21F4NO2. The zero-order valence-electron chi connectivity index (χ0n) is 15.2. The van der Waals surface area contributed by atoms with Crippen molar-refractivity contribution < 1.29 is 27.5 Å². The zero-order valence-corrected chi connectivity index (χ0v) is 15.2. The summed E-state index contributed by atoms with van der Waals surface area (Å²) in [6.07, 6.45) is -3.57. The van der Waals surface area contributed by atoms with E-state index in [1.165, 1.54) is 36.4 Å². The van der Waals surface area contributed by atoms with E-state index in [-0.39, 0.29) is 24.5 Å². The molecule has 0 aromatic heterocycles. The van der Waals surface area contributed by atoms with Crippen molar-refractivity contribution in [3.05, 3.63) is 71.0 Å². The lowest BCUT2D eigenvalue weighted by molar-refractivity contribution is -0.138. The summed E-state index contributed by atoms with van der Waals surface area (Å²) in [6, 6.07) is 10.6. The Morgan fingerprint density at radius 1 is 1.04 bits per heavy atom. The summed E-state index contributed by atoms with van der Waals surface area (Å²) >= 11 is 0. The lowest BCUT2D eigenvalue weighted by Gasteiger charge is -2.41. The summed E-state index contributed by atoms with van der Waals surface area (Å²) in [5, 5.41) is 9.94. The summed E-state index contributed by atoms with van der Waals surface area (Å²) < 4.78 is 52.9. The quantitative estimate of drug-likeness (QED) is 0.784. The van der Waals surface area contributed by atoms with Crippen LogP contribution in [-0.4, -0.2) is 35.6 Å². The van der Waals surface area contributed by atoms with Crippen molar-refractivity contribution in [1.82, 2.24) is 4.90 Å². The standard InChI is InChI=1S/C21H21F4NO2/c22-17-7-5-15(6-8-17)19(28)26-11-9-20(14-27,10-12-26)13-16-3-1-2-4-18(16)21(23,24)25/h1-8,27H,9-14H2. The molecule has 2 aromatic carbocycles. The minimum atomic E-state index is -4.45. The van der Waals surface area contributed by atoms with Gasteiger partial charge in [-0.25, -0.2) is 4.39 Å². The summed E-state index contributed by atoms with van der Waals surface area (Å²) in [6.45, 7) is 0.397. The molecule has 0 radical (unpaired) electrons. The minimum absolute atomic E-state index is 0.0950. The monoisotopic (exact) mass is 395 g/mol. The molecule has 0 atom stereocenters. The molecule has 0 unspecified atom stereocenters. The van der Waals surface area contributed by atoms with Crippen molar-refractivity contribution in [2.75, 3.05) is 19.7 Å². The maximum Gasteiger partial charge on any atom is 0.416 e. The number of hydrogen-bond acceptors (Lipinski definition) is 2. The Labute approximate surface area is 160 Å². The topological polar surface area (TPSA) is 40.5 Å². The smallest absolute Gasteiger partial charge is 0.396 e. The van der Waals surface area contributed by atoms with Crippen molar-refractivity contribution in [1.29, 1.82) is 0 Å². The first-order valence-corrected chi connectivity index (χ1v) is 9.05. The second-order valence-electron chi connectivity index (χ2n) is 7.29. The molecule has 1 fully saturated rings. The molecule has 28 heavy (non-hydrogen) atoms. The predicted molar refractivity (Wildman–Crippen MR) is 96.2 cm³/mol. The van der Waals surface area contributed by atoms with Gasteiger partial charge in [-0.15, -0.1) is 0 Å². The Morgan fingerprint density at radius 2 is 1.64 bits per heavy atom. The summed E-state index contributed by atoms with van der Waals surface area (Å²) in [5.74, 6) is -0.681. The Morgan fingerprint density at radius 3 is 2.21 bits per heavy atom. The molecule has 3 nitrogen and oxygen atoms in total. The number of benzene rings is 2. The molecule has 7 heteroatoms. The molecule has 2 aromatic rings. The maximum atomic E-state index is 13.3. The second kappa shape index (κ2) is 7.91. The van der Waals surface area contributed by atoms with Gasteiger partial charge in [0.1, 0.15) is 5.82 Å². The van der Waals surface area contributed by atoms with Crippen LogP contribution in [-0.2, 0) is 12.6 Å². The van der Waals surface area contributed by atoms with Crippen LogP contribution >= 0.6 is 0 Å². The van der Waals surface area contributed by atoms with Crippen LogP contribution < -0.4 is 0 Å². The molecule has 1 aliphatic heterocycles. The number of rotatable bonds is 4. The third-order valence-electron chi connectivity index (χ3n) is 5.43. The first-order chi connectivity index (χ1) is 13.2. The Bertz CT molecular complexity index is 825. The molecular weight excluding hydrogens is 374 g/mol. The number of carbonyl (C=O) groups is 1. The molecule has 1 amide bonds. The number of likely N-dealkylation sites (tertiary alicyclic amines) is 1. The third kappa shape index (κ3) is 4.35. The van der Waals surface area contributed by atoms with Gasteiger partial charge in [0.2, 0.25) is 0 Å². The first-order valence-electron chi connectivity index (χ1n) is 9.05. The lowest BCUT2D eigenvalue weighted by atomic mass is 9.73.